The van der Waals surface area contributed by atoms with E-state index in [-0.39, 0.29) is 24.3 Å². The fourth-order valence-corrected chi connectivity index (χ4v) is 5.05. The lowest BCUT2D eigenvalue weighted by molar-refractivity contribution is -0.124. The number of Topliss-reactive ketones (excluding diaryl/α,β-unsaturated/α-hetero) is 1. The van der Waals surface area contributed by atoms with E-state index >= 15 is 0 Å². The summed E-state index contributed by atoms with van der Waals surface area (Å²) in [5.74, 6) is 1.22. The summed E-state index contributed by atoms with van der Waals surface area (Å²) in [5, 5.41) is 15.9. The first kappa shape index (κ1) is 19.8. The van der Waals surface area contributed by atoms with Gasteiger partial charge in [0.1, 0.15) is 18.4 Å². The van der Waals surface area contributed by atoms with Crippen LogP contribution in [0.2, 0.25) is 0 Å². The predicted molar refractivity (Wildman–Crippen MR) is 115 cm³/mol. The van der Waals surface area contributed by atoms with Crippen molar-refractivity contribution in [3.8, 4) is 22.9 Å². The minimum Gasteiger partial charge on any atom is -0.486 e. The quantitative estimate of drug-likeness (QED) is 0.783. The number of carbonyl (C=O) groups excluding carboxylic acids is 2. The molecule has 2 heterocycles. The van der Waals surface area contributed by atoms with Crippen LogP contribution in [0.25, 0.3) is 11.1 Å². The molecule has 158 valence electrons. The van der Waals surface area contributed by atoms with E-state index in [4.69, 9.17) is 4.74 Å². The Morgan fingerprint density at radius 1 is 1.19 bits per heavy atom. The Morgan fingerprint density at radius 3 is 2.71 bits per heavy atom. The Bertz CT molecular complexity index is 1060. The van der Waals surface area contributed by atoms with Crippen molar-refractivity contribution >= 4 is 11.7 Å². The third-order valence-corrected chi connectivity index (χ3v) is 6.69. The molecule has 0 spiro atoms. The van der Waals surface area contributed by atoms with Crippen molar-refractivity contribution in [1.29, 1.82) is 5.26 Å². The molecule has 0 aromatic heterocycles. The van der Waals surface area contributed by atoms with Crippen LogP contribution in [0, 0.1) is 17.2 Å². The maximum absolute atomic E-state index is 12.6. The third kappa shape index (κ3) is 4.06. The largest absolute Gasteiger partial charge is 0.486 e. The number of rotatable bonds is 5. The topological polar surface area (TPSA) is 91.2 Å². The summed E-state index contributed by atoms with van der Waals surface area (Å²) >= 11 is 0. The van der Waals surface area contributed by atoms with Gasteiger partial charge >= 0.3 is 0 Å². The molecule has 6 heteroatoms. The summed E-state index contributed by atoms with van der Waals surface area (Å²) < 4.78 is 5.56. The molecule has 0 unspecified atom stereocenters. The van der Waals surface area contributed by atoms with Crippen LogP contribution < -0.4 is 15.4 Å². The van der Waals surface area contributed by atoms with Crippen LogP contribution in [0.4, 0.5) is 0 Å². The van der Waals surface area contributed by atoms with Gasteiger partial charge in [0.15, 0.2) is 5.78 Å². The standard InChI is InChI=1S/C25H25N3O3/c26-13-21(28-25(30)24-19-7-8-20(10-19)27-24)9-15-1-3-16(4-2-15)17-5-6-18-11-22(29)14-31-23(18)12-17/h1-6,12,19-21,24,27H,7-11,14H2,(H,28,30)/t19-,20+,21-,24-/m0/s1. The minimum atomic E-state index is -0.547. The first-order valence-corrected chi connectivity index (χ1v) is 10.9. The summed E-state index contributed by atoms with van der Waals surface area (Å²) in [6.45, 7) is 0.133. The van der Waals surface area contributed by atoms with Gasteiger partial charge in [0.25, 0.3) is 0 Å². The van der Waals surface area contributed by atoms with Crippen LogP contribution in [-0.2, 0) is 22.4 Å². The summed E-state index contributed by atoms with van der Waals surface area (Å²) in [6.07, 6.45) is 4.21. The second-order valence-corrected chi connectivity index (χ2v) is 8.83. The van der Waals surface area contributed by atoms with Gasteiger partial charge in [-0.3, -0.25) is 9.59 Å². The van der Waals surface area contributed by atoms with Gasteiger partial charge in [-0.2, -0.15) is 5.26 Å². The number of amides is 1. The molecule has 2 aromatic carbocycles. The third-order valence-electron chi connectivity index (χ3n) is 6.69. The van der Waals surface area contributed by atoms with Gasteiger partial charge in [-0.15, -0.1) is 0 Å². The highest BCUT2D eigenvalue weighted by Crippen LogP contribution is 2.35. The number of ketones is 1. The monoisotopic (exact) mass is 415 g/mol. The lowest BCUT2D eigenvalue weighted by Crippen LogP contribution is -2.50. The number of nitrogens with one attached hydrogen (secondary N) is 2. The summed E-state index contributed by atoms with van der Waals surface area (Å²) in [5.41, 5.74) is 3.98. The molecule has 1 saturated heterocycles. The van der Waals surface area contributed by atoms with Crippen LogP contribution in [0.3, 0.4) is 0 Å². The molecule has 1 aliphatic carbocycles. The molecule has 2 aliphatic heterocycles. The zero-order valence-corrected chi connectivity index (χ0v) is 17.3. The molecule has 2 fully saturated rings. The molecule has 1 amide bonds. The smallest absolute Gasteiger partial charge is 0.238 e. The molecule has 3 aliphatic rings. The lowest BCUT2D eigenvalue weighted by atomic mass is 9.97. The van der Waals surface area contributed by atoms with Crippen molar-refractivity contribution in [3.63, 3.8) is 0 Å². The van der Waals surface area contributed by atoms with Crippen LogP contribution in [0.15, 0.2) is 42.5 Å². The number of hydrogen-bond donors (Lipinski definition) is 2. The van der Waals surface area contributed by atoms with Gasteiger partial charge < -0.3 is 15.4 Å². The van der Waals surface area contributed by atoms with E-state index in [0.29, 0.717) is 24.8 Å². The second-order valence-electron chi connectivity index (χ2n) is 8.83. The van der Waals surface area contributed by atoms with Gasteiger partial charge in [-0.05, 0) is 47.9 Å². The van der Waals surface area contributed by atoms with E-state index in [2.05, 4.69) is 16.7 Å². The van der Waals surface area contributed by atoms with Crippen LogP contribution in [-0.4, -0.2) is 36.4 Å². The first-order valence-electron chi connectivity index (χ1n) is 10.9. The Hall–Kier alpha value is -3.17. The minimum absolute atomic E-state index is 0.0529. The number of hydrogen-bond acceptors (Lipinski definition) is 5. The molecule has 2 bridgehead atoms. The Balaban J connectivity index is 1.23. The molecule has 5 rings (SSSR count). The Labute approximate surface area is 181 Å². The molecule has 0 radical (unpaired) electrons. The van der Waals surface area contributed by atoms with Gasteiger partial charge in [-0.1, -0.05) is 36.4 Å². The fraction of sp³-hybridized carbons (Fsp3) is 0.400. The predicted octanol–water partition coefficient (Wildman–Crippen LogP) is 2.55. The van der Waals surface area contributed by atoms with E-state index < -0.39 is 6.04 Å². The molecule has 2 N–H and O–H groups in total. The van der Waals surface area contributed by atoms with Gasteiger partial charge in [-0.25, -0.2) is 0 Å². The number of ether oxygens (including phenoxy) is 1. The van der Waals surface area contributed by atoms with Crippen molar-refractivity contribution in [2.45, 2.75) is 50.2 Å². The second kappa shape index (κ2) is 8.16. The van der Waals surface area contributed by atoms with Crippen LogP contribution in [0.1, 0.15) is 30.4 Å². The first-order chi connectivity index (χ1) is 15.1. The molecule has 31 heavy (non-hydrogen) atoms. The number of benzene rings is 2. The SMILES string of the molecule is N#C[C@H](Cc1ccc(-c2ccc3c(c2)OCC(=O)C3)cc1)NC(=O)[C@H]1N[C@@H]2CC[C@H]1C2. The number of nitrogens with zero attached hydrogens (tertiary/aromatic N) is 1. The van der Waals surface area contributed by atoms with Gasteiger partial charge in [0.2, 0.25) is 5.91 Å². The van der Waals surface area contributed by atoms with Crippen molar-refractivity contribution in [2.75, 3.05) is 6.61 Å². The van der Waals surface area contributed by atoms with Gasteiger partial charge in [0, 0.05) is 24.4 Å². The summed E-state index contributed by atoms with van der Waals surface area (Å²) in [7, 11) is 0. The maximum atomic E-state index is 12.6. The molecular weight excluding hydrogens is 390 g/mol. The molecule has 4 atom stereocenters. The van der Waals surface area contributed by atoms with E-state index in [9.17, 15) is 14.9 Å². The van der Waals surface area contributed by atoms with Gasteiger partial charge in [0.05, 0.1) is 12.1 Å². The molecular formula is C25H25N3O3. The van der Waals surface area contributed by atoms with Crippen molar-refractivity contribution in [3.05, 3.63) is 53.6 Å². The number of carbonyl (C=O) groups is 2. The van der Waals surface area contributed by atoms with E-state index in [1.807, 2.05) is 42.5 Å². The molecule has 2 aromatic rings. The average molecular weight is 415 g/mol. The Morgan fingerprint density at radius 2 is 2.00 bits per heavy atom. The molecule has 6 nitrogen and oxygen atoms in total. The van der Waals surface area contributed by atoms with E-state index in [0.717, 1.165) is 47.3 Å². The van der Waals surface area contributed by atoms with Crippen LogP contribution >= 0.6 is 0 Å². The number of piperidine rings is 1. The molecule has 1 saturated carbocycles. The van der Waals surface area contributed by atoms with Crippen LogP contribution in [0.5, 0.6) is 5.75 Å². The lowest BCUT2D eigenvalue weighted by Gasteiger charge is -2.23. The van der Waals surface area contributed by atoms with Crippen molar-refractivity contribution in [1.82, 2.24) is 10.6 Å². The Kier molecular flexibility index (Phi) is 5.21. The fourth-order valence-electron chi connectivity index (χ4n) is 5.05. The summed E-state index contributed by atoms with van der Waals surface area (Å²) in [4.78, 5) is 24.1. The normalized spacial score (nSPS) is 24.7. The van der Waals surface area contributed by atoms with E-state index in [1.165, 1.54) is 0 Å². The van der Waals surface area contributed by atoms with E-state index in [1.54, 1.807) is 0 Å². The summed E-state index contributed by atoms with van der Waals surface area (Å²) in [6, 6.07) is 15.9. The zero-order chi connectivity index (χ0) is 21.4. The van der Waals surface area contributed by atoms with Crippen molar-refractivity contribution in [2.24, 2.45) is 5.92 Å². The highest BCUT2D eigenvalue weighted by molar-refractivity contribution is 5.85. The zero-order valence-electron chi connectivity index (χ0n) is 17.3. The highest BCUT2D eigenvalue weighted by atomic mass is 16.5. The number of nitriles is 1. The van der Waals surface area contributed by atoms with Crippen molar-refractivity contribution < 1.29 is 14.3 Å². The average Bonchev–Trinajstić information content (AvgIpc) is 3.42. The maximum Gasteiger partial charge on any atom is 0.238 e. The highest BCUT2D eigenvalue weighted by Gasteiger charge is 2.43. The number of fused-ring (bicyclic) bond motifs is 3.